The van der Waals surface area contributed by atoms with Crippen molar-refractivity contribution in [3.63, 3.8) is 0 Å². The van der Waals surface area contributed by atoms with Crippen molar-refractivity contribution >= 4 is 63.8 Å². The monoisotopic (exact) mass is 724 g/mol. The molecule has 6 rings (SSSR count). The molecular weight excluding hydrogens is 687 g/mol. The first-order valence-electron chi connectivity index (χ1n) is 16.4. The van der Waals surface area contributed by atoms with Gasteiger partial charge in [0.15, 0.2) is 10.8 Å². The fraction of sp³-hybridized carbons (Fsp3) is 0.424. The summed E-state index contributed by atoms with van der Waals surface area (Å²) in [6, 6.07) is 4.63. The number of carbonyl (C=O) groups is 3. The lowest BCUT2D eigenvalue weighted by Gasteiger charge is -2.34. The van der Waals surface area contributed by atoms with Gasteiger partial charge in [-0.05, 0) is 56.3 Å². The van der Waals surface area contributed by atoms with Crippen LogP contribution in [0.1, 0.15) is 55.9 Å². The largest absolute Gasteiger partial charge is 0.475 e. The number of pyridine rings is 2. The molecule has 0 aliphatic carbocycles. The molecule has 4 aromatic heterocycles. The van der Waals surface area contributed by atoms with Crippen LogP contribution in [0.2, 0.25) is 10.2 Å². The Morgan fingerprint density at radius 3 is 2.62 bits per heavy atom. The first kappa shape index (κ1) is 35.3. The lowest BCUT2D eigenvalue weighted by Crippen LogP contribution is -2.40. The van der Waals surface area contributed by atoms with Crippen LogP contribution in [0, 0.1) is 5.92 Å². The molecule has 0 aromatic carbocycles. The predicted octanol–water partition coefficient (Wildman–Crippen LogP) is 4.58. The molecule has 2 aliphatic rings. The number of aromatic nitrogens is 5. The molecule has 50 heavy (non-hydrogen) atoms. The quantitative estimate of drug-likeness (QED) is 0.119. The van der Waals surface area contributed by atoms with Crippen molar-refractivity contribution in [2.45, 2.75) is 44.6 Å². The maximum atomic E-state index is 13.1. The minimum absolute atomic E-state index is 0.223. The molecule has 2 atom stereocenters. The lowest BCUT2D eigenvalue weighted by atomic mass is 9.91. The van der Waals surface area contributed by atoms with Crippen LogP contribution in [0.3, 0.4) is 0 Å². The van der Waals surface area contributed by atoms with Crippen LogP contribution in [-0.2, 0) is 14.3 Å². The minimum Gasteiger partial charge on any atom is -0.475 e. The number of anilines is 3. The van der Waals surface area contributed by atoms with Crippen molar-refractivity contribution in [3.8, 4) is 5.88 Å². The highest BCUT2D eigenvalue weighted by Gasteiger charge is 2.29. The van der Waals surface area contributed by atoms with Gasteiger partial charge in [-0.15, -0.1) is 0 Å². The second-order valence-electron chi connectivity index (χ2n) is 12.2. The van der Waals surface area contributed by atoms with E-state index < -0.39 is 12.1 Å². The number of halogens is 2. The molecule has 4 N–H and O–H groups in total. The van der Waals surface area contributed by atoms with Crippen molar-refractivity contribution in [3.05, 3.63) is 64.4 Å². The summed E-state index contributed by atoms with van der Waals surface area (Å²) < 4.78 is 13.0. The van der Waals surface area contributed by atoms with Gasteiger partial charge in [-0.2, -0.15) is 5.10 Å². The van der Waals surface area contributed by atoms with E-state index in [9.17, 15) is 14.4 Å². The van der Waals surface area contributed by atoms with Crippen LogP contribution in [0.5, 0.6) is 5.88 Å². The summed E-state index contributed by atoms with van der Waals surface area (Å²) in [5, 5.41) is 16.3. The number of piperidine rings is 2. The summed E-state index contributed by atoms with van der Waals surface area (Å²) >= 11 is 12.3. The van der Waals surface area contributed by atoms with Gasteiger partial charge in [-0.25, -0.2) is 19.3 Å². The van der Waals surface area contributed by atoms with Crippen LogP contribution in [0.15, 0.2) is 43.0 Å². The molecule has 1 unspecified atom stereocenters. The van der Waals surface area contributed by atoms with Gasteiger partial charge >= 0.3 is 6.03 Å². The molecular formula is C33H38Cl2N10O5. The Balaban J connectivity index is 0.967. The highest BCUT2D eigenvalue weighted by molar-refractivity contribution is 6.31. The van der Waals surface area contributed by atoms with E-state index in [1.807, 2.05) is 19.2 Å². The Morgan fingerprint density at radius 1 is 1.04 bits per heavy atom. The summed E-state index contributed by atoms with van der Waals surface area (Å²) in [5.41, 5.74) is 3.59. The van der Waals surface area contributed by atoms with Gasteiger partial charge in [0, 0.05) is 51.6 Å². The van der Waals surface area contributed by atoms with Crippen molar-refractivity contribution in [1.29, 1.82) is 0 Å². The molecule has 4 aromatic rings. The minimum atomic E-state index is -0.564. The SMILES string of the molecule is CO[C@@H](C)c1c(NC(=O)Nc2cc(Cl)cnc2OCCNCC2CCN(c3cncc(C4CCC(=O)NC4=O)c3)CC2)cnc2cc(Cl)nn12. The van der Waals surface area contributed by atoms with E-state index in [4.69, 9.17) is 32.7 Å². The van der Waals surface area contributed by atoms with E-state index in [2.05, 4.69) is 46.2 Å². The summed E-state index contributed by atoms with van der Waals surface area (Å²) in [6.45, 7) is 5.29. The zero-order valence-corrected chi connectivity index (χ0v) is 29.1. The summed E-state index contributed by atoms with van der Waals surface area (Å²) in [6.07, 6.45) is 8.92. The summed E-state index contributed by atoms with van der Waals surface area (Å²) in [7, 11) is 1.55. The number of hydrogen-bond donors (Lipinski definition) is 4. The number of nitrogens with one attached hydrogen (secondary N) is 4. The van der Waals surface area contributed by atoms with E-state index in [0.29, 0.717) is 59.6 Å². The molecule has 0 spiro atoms. The van der Waals surface area contributed by atoms with Crippen LogP contribution < -0.4 is 30.9 Å². The number of nitrogens with zero attached hydrogens (tertiary/aromatic N) is 6. The maximum Gasteiger partial charge on any atom is 0.323 e. The Morgan fingerprint density at radius 2 is 1.84 bits per heavy atom. The van der Waals surface area contributed by atoms with E-state index in [1.165, 1.54) is 16.9 Å². The smallest absolute Gasteiger partial charge is 0.323 e. The zero-order valence-electron chi connectivity index (χ0n) is 27.6. The average Bonchev–Trinajstić information content (AvgIpc) is 3.49. The molecule has 4 amide bonds. The van der Waals surface area contributed by atoms with Crippen LogP contribution in [-0.4, -0.2) is 82.3 Å². The molecule has 6 heterocycles. The molecule has 0 bridgehead atoms. The fourth-order valence-electron chi connectivity index (χ4n) is 6.17. The number of amides is 4. The number of methoxy groups -OCH3 is 1. The van der Waals surface area contributed by atoms with Gasteiger partial charge in [0.2, 0.25) is 17.7 Å². The fourth-order valence-corrected chi connectivity index (χ4v) is 6.50. The Bertz CT molecular complexity index is 1870. The number of imide groups is 1. The third-order valence-electron chi connectivity index (χ3n) is 8.86. The van der Waals surface area contributed by atoms with Gasteiger partial charge in [0.25, 0.3) is 0 Å². The van der Waals surface area contributed by atoms with Gasteiger partial charge in [-0.1, -0.05) is 23.2 Å². The van der Waals surface area contributed by atoms with E-state index >= 15 is 0 Å². The van der Waals surface area contributed by atoms with Gasteiger partial charge in [-0.3, -0.25) is 19.9 Å². The molecule has 15 nitrogen and oxygen atoms in total. The highest BCUT2D eigenvalue weighted by atomic mass is 35.5. The number of carbonyl (C=O) groups excluding carboxylic acids is 3. The number of rotatable bonds is 12. The van der Waals surface area contributed by atoms with E-state index in [0.717, 1.165) is 43.7 Å². The maximum absolute atomic E-state index is 13.1. The first-order chi connectivity index (χ1) is 24.2. The second-order valence-corrected chi connectivity index (χ2v) is 13.0. The molecule has 0 radical (unpaired) electrons. The first-order valence-corrected chi connectivity index (χ1v) is 17.1. The summed E-state index contributed by atoms with van der Waals surface area (Å²) in [5.74, 6) is -0.112. The van der Waals surface area contributed by atoms with Crippen molar-refractivity contribution in [2.75, 3.05) is 55.4 Å². The van der Waals surface area contributed by atoms with Gasteiger partial charge < -0.3 is 30.3 Å². The summed E-state index contributed by atoms with van der Waals surface area (Å²) in [4.78, 5) is 52.3. The molecule has 2 aliphatic heterocycles. The topological polar surface area (TPSA) is 177 Å². The third kappa shape index (κ3) is 8.41. The highest BCUT2D eigenvalue weighted by Crippen LogP contribution is 2.30. The third-order valence-corrected chi connectivity index (χ3v) is 9.25. The number of urea groups is 1. The number of fused-ring (bicyclic) bond motifs is 1. The number of ether oxygens (including phenoxy) is 2. The predicted molar refractivity (Wildman–Crippen MR) is 188 cm³/mol. The number of hydrogen-bond acceptors (Lipinski definition) is 11. The van der Waals surface area contributed by atoms with Gasteiger partial charge in [0.1, 0.15) is 12.3 Å². The molecule has 2 saturated heterocycles. The van der Waals surface area contributed by atoms with Gasteiger partial charge in [0.05, 0.1) is 46.5 Å². The molecule has 17 heteroatoms. The molecule has 0 saturated carbocycles. The Hall–Kier alpha value is -4.57. The average molecular weight is 726 g/mol. The Kier molecular flexibility index (Phi) is 11.3. The standard InChI is InChI=1S/C33H38Cl2N10O5/c1-19(49-2)30-26(18-38-28-13-27(35)43-45(28)30)41-33(48)40-25-12-22(34)16-39-32(25)50-10-7-36-14-20-5-8-44(9-6-20)23-11-21(15-37-17-23)24-3-4-29(46)42-31(24)47/h11-13,15-20,24,36H,3-10,14H2,1-2H3,(H2,40,41,48)(H,42,46,47)/t19-,24?/m0/s1. The van der Waals surface area contributed by atoms with Crippen LogP contribution in [0.25, 0.3) is 5.65 Å². The normalized spacial score (nSPS) is 17.4. The lowest BCUT2D eigenvalue weighted by molar-refractivity contribution is -0.134. The van der Waals surface area contributed by atoms with E-state index in [1.54, 1.807) is 25.4 Å². The van der Waals surface area contributed by atoms with Crippen molar-refractivity contribution in [2.24, 2.45) is 5.92 Å². The molecule has 264 valence electrons. The molecule has 2 fully saturated rings. The van der Waals surface area contributed by atoms with E-state index in [-0.39, 0.29) is 28.8 Å². The van der Waals surface area contributed by atoms with Crippen molar-refractivity contribution in [1.82, 2.24) is 35.2 Å². The Labute approximate surface area is 298 Å². The van der Waals surface area contributed by atoms with Crippen LogP contribution in [0.4, 0.5) is 21.9 Å². The zero-order chi connectivity index (χ0) is 35.2. The van der Waals surface area contributed by atoms with Crippen LogP contribution >= 0.6 is 23.2 Å². The second kappa shape index (κ2) is 16.0. The van der Waals surface area contributed by atoms with Crippen molar-refractivity contribution < 1.29 is 23.9 Å².